The van der Waals surface area contributed by atoms with E-state index in [0.717, 1.165) is 10.0 Å². The molecule has 0 bridgehead atoms. The lowest BCUT2D eigenvalue weighted by atomic mass is 10.1. The number of carbonyl (C=O) groups is 2. The monoisotopic (exact) mass is 405 g/mol. The highest BCUT2D eigenvalue weighted by molar-refractivity contribution is 9.10. The van der Waals surface area contributed by atoms with Crippen molar-refractivity contribution >= 4 is 51.5 Å². The predicted molar refractivity (Wildman–Crippen MR) is 95.7 cm³/mol. The van der Waals surface area contributed by atoms with E-state index in [0.29, 0.717) is 31.1 Å². The highest BCUT2D eigenvalue weighted by Crippen LogP contribution is 2.29. The summed E-state index contributed by atoms with van der Waals surface area (Å²) in [6.45, 7) is 3.28. The molecular weight excluding hydrogens is 386 g/mol. The molecule has 8 heteroatoms. The average molecular weight is 407 g/mol. The van der Waals surface area contributed by atoms with E-state index in [2.05, 4.69) is 21.2 Å². The molecule has 23 heavy (non-hydrogen) atoms. The summed E-state index contributed by atoms with van der Waals surface area (Å²) in [5.41, 5.74) is 7.98. The number of nitrogens with one attached hydrogen (secondary N) is 1. The average Bonchev–Trinajstić information content (AvgIpc) is 2.83. The Balaban J connectivity index is 0.00000264. The van der Waals surface area contributed by atoms with Gasteiger partial charge >= 0.3 is 0 Å². The Kier molecular flexibility index (Phi) is 7.31. The second kappa shape index (κ2) is 8.52. The van der Waals surface area contributed by atoms with Crippen LogP contribution in [0.3, 0.4) is 0 Å². The van der Waals surface area contributed by atoms with E-state index in [-0.39, 0.29) is 36.6 Å². The van der Waals surface area contributed by atoms with E-state index >= 15 is 0 Å². The number of hydrogen-bond acceptors (Lipinski definition) is 4. The lowest BCUT2D eigenvalue weighted by molar-refractivity contribution is -0.128. The molecular formula is C15H21BrClN3O3. The molecule has 0 spiro atoms. The highest BCUT2D eigenvalue weighted by atomic mass is 79.9. The molecule has 1 atom stereocenters. The Bertz CT molecular complexity index is 598. The van der Waals surface area contributed by atoms with Crippen molar-refractivity contribution in [1.82, 2.24) is 4.90 Å². The lowest BCUT2D eigenvalue weighted by Crippen LogP contribution is -2.31. The minimum absolute atomic E-state index is 0. The first-order chi connectivity index (χ1) is 10.4. The smallest absolute Gasteiger partial charge is 0.229 e. The van der Waals surface area contributed by atoms with Gasteiger partial charge in [0, 0.05) is 31.1 Å². The molecule has 1 aromatic carbocycles. The largest absolute Gasteiger partial charge is 0.397 e. The molecule has 128 valence electrons. The third kappa shape index (κ3) is 4.83. The number of nitrogen functional groups attached to an aromatic ring is 1. The summed E-state index contributed by atoms with van der Waals surface area (Å²) in [5.74, 6) is -0.559. The molecule has 1 saturated heterocycles. The highest BCUT2D eigenvalue weighted by Gasteiger charge is 2.34. The standard InChI is InChI=1S/C15H20BrN3O3.ClH/c1-9-5-11(16)7-12(14(9)17)18-15(21)10-6-13(20)19(8-10)3-4-22-2;/h5,7,10H,3-4,6,8,17H2,1-2H3,(H,18,21);1H. The summed E-state index contributed by atoms with van der Waals surface area (Å²) in [5, 5.41) is 2.83. The van der Waals surface area contributed by atoms with Crippen LogP contribution in [0.4, 0.5) is 11.4 Å². The maximum Gasteiger partial charge on any atom is 0.229 e. The van der Waals surface area contributed by atoms with Gasteiger partial charge in [-0.1, -0.05) is 15.9 Å². The molecule has 1 aliphatic heterocycles. The number of anilines is 2. The van der Waals surface area contributed by atoms with Crippen molar-refractivity contribution in [2.24, 2.45) is 5.92 Å². The molecule has 6 nitrogen and oxygen atoms in total. The Morgan fingerprint density at radius 3 is 2.87 bits per heavy atom. The van der Waals surface area contributed by atoms with E-state index in [4.69, 9.17) is 10.5 Å². The van der Waals surface area contributed by atoms with E-state index in [1.165, 1.54) is 0 Å². The second-order valence-corrected chi connectivity index (χ2v) is 6.32. The van der Waals surface area contributed by atoms with Crippen molar-refractivity contribution in [1.29, 1.82) is 0 Å². The van der Waals surface area contributed by atoms with E-state index in [1.54, 1.807) is 18.1 Å². The maximum absolute atomic E-state index is 12.4. The molecule has 1 fully saturated rings. The van der Waals surface area contributed by atoms with Crippen LogP contribution in [-0.2, 0) is 14.3 Å². The van der Waals surface area contributed by atoms with Crippen molar-refractivity contribution in [3.63, 3.8) is 0 Å². The van der Waals surface area contributed by atoms with Gasteiger partial charge in [0.2, 0.25) is 11.8 Å². The first kappa shape index (κ1) is 19.7. The summed E-state index contributed by atoms with van der Waals surface area (Å²) in [6.07, 6.45) is 0.225. The summed E-state index contributed by atoms with van der Waals surface area (Å²) in [6, 6.07) is 3.65. The molecule has 2 rings (SSSR count). The Hall–Kier alpha value is -1.31. The number of halogens is 2. The number of amides is 2. The number of methoxy groups -OCH3 is 1. The van der Waals surface area contributed by atoms with E-state index < -0.39 is 0 Å². The molecule has 1 heterocycles. The van der Waals surface area contributed by atoms with Crippen molar-refractivity contribution in [2.75, 3.05) is 37.9 Å². The fourth-order valence-electron chi connectivity index (χ4n) is 2.46. The number of carbonyl (C=O) groups excluding carboxylic acids is 2. The predicted octanol–water partition coefficient (Wildman–Crippen LogP) is 2.19. The molecule has 3 N–H and O–H groups in total. The molecule has 1 aliphatic rings. The number of likely N-dealkylation sites (tertiary alicyclic amines) is 1. The van der Waals surface area contributed by atoms with Crippen molar-refractivity contribution in [2.45, 2.75) is 13.3 Å². The van der Waals surface area contributed by atoms with Crippen LogP contribution >= 0.6 is 28.3 Å². The fourth-order valence-corrected chi connectivity index (χ4v) is 3.03. The van der Waals surface area contributed by atoms with Crippen LogP contribution < -0.4 is 11.1 Å². The fraction of sp³-hybridized carbons (Fsp3) is 0.467. The third-order valence-electron chi connectivity index (χ3n) is 3.76. The lowest BCUT2D eigenvalue weighted by Gasteiger charge is -2.16. The van der Waals surface area contributed by atoms with Gasteiger partial charge in [-0.05, 0) is 24.6 Å². The van der Waals surface area contributed by atoms with Crippen LogP contribution in [0.5, 0.6) is 0 Å². The number of ether oxygens (including phenoxy) is 1. The Morgan fingerprint density at radius 2 is 2.22 bits per heavy atom. The zero-order chi connectivity index (χ0) is 16.3. The van der Waals surface area contributed by atoms with E-state index in [9.17, 15) is 9.59 Å². The zero-order valence-corrected chi connectivity index (χ0v) is 15.5. The number of benzene rings is 1. The number of nitrogens with two attached hydrogens (primary N) is 1. The summed E-state index contributed by atoms with van der Waals surface area (Å²) >= 11 is 3.39. The van der Waals surface area contributed by atoms with Gasteiger partial charge in [0.1, 0.15) is 0 Å². The van der Waals surface area contributed by atoms with Crippen molar-refractivity contribution < 1.29 is 14.3 Å². The van der Waals surface area contributed by atoms with Gasteiger partial charge in [0.25, 0.3) is 0 Å². The van der Waals surface area contributed by atoms with Crippen LogP contribution in [0.25, 0.3) is 0 Å². The molecule has 1 unspecified atom stereocenters. The van der Waals surface area contributed by atoms with Gasteiger partial charge in [0.15, 0.2) is 0 Å². The molecule has 2 amide bonds. The van der Waals surface area contributed by atoms with Crippen LogP contribution in [0, 0.1) is 12.8 Å². The van der Waals surface area contributed by atoms with Crippen molar-refractivity contribution in [3.8, 4) is 0 Å². The first-order valence-electron chi connectivity index (χ1n) is 7.05. The first-order valence-corrected chi connectivity index (χ1v) is 7.85. The van der Waals surface area contributed by atoms with E-state index in [1.807, 2.05) is 13.0 Å². The van der Waals surface area contributed by atoms with Crippen LogP contribution in [-0.4, -0.2) is 43.5 Å². The Morgan fingerprint density at radius 1 is 1.52 bits per heavy atom. The maximum atomic E-state index is 12.4. The summed E-state index contributed by atoms with van der Waals surface area (Å²) in [7, 11) is 1.59. The van der Waals surface area contributed by atoms with Crippen LogP contribution in [0.1, 0.15) is 12.0 Å². The minimum Gasteiger partial charge on any atom is -0.397 e. The van der Waals surface area contributed by atoms with Gasteiger partial charge in [-0.25, -0.2) is 0 Å². The topological polar surface area (TPSA) is 84.7 Å². The van der Waals surface area contributed by atoms with Gasteiger partial charge in [-0.3, -0.25) is 9.59 Å². The molecule has 0 aliphatic carbocycles. The van der Waals surface area contributed by atoms with Crippen LogP contribution in [0.15, 0.2) is 16.6 Å². The summed E-state index contributed by atoms with van der Waals surface area (Å²) in [4.78, 5) is 25.9. The van der Waals surface area contributed by atoms with Gasteiger partial charge in [-0.2, -0.15) is 0 Å². The molecule has 1 aromatic rings. The number of nitrogens with zero attached hydrogens (tertiary/aromatic N) is 1. The zero-order valence-electron chi connectivity index (χ0n) is 13.1. The third-order valence-corrected chi connectivity index (χ3v) is 4.22. The minimum atomic E-state index is -0.358. The van der Waals surface area contributed by atoms with Crippen LogP contribution in [0.2, 0.25) is 0 Å². The second-order valence-electron chi connectivity index (χ2n) is 5.41. The van der Waals surface area contributed by atoms with Crippen molar-refractivity contribution in [3.05, 3.63) is 22.2 Å². The normalized spacial score (nSPS) is 17.1. The SMILES string of the molecule is COCCN1CC(C(=O)Nc2cc(Br)cc(C)c2N)CC1=O.Cl. The molecule has 0 radical (unpaired) electrons. The molecule has 0 aromatic heterocycles. The Labute approximate surface area is 150 Å². The number of rotatable bonds is 5. The van der Waals surface area contributed by atoms with Gasteiger partial charge < -0.3 is 20.7 Å². The summed E-state index contributed by atoms with van der Waals surface area (Å²) < 4.78 is 5.82. The quantitative estimate of drug-likeness (QED) is 0.734. The molecule has 0 saturated carbocycles. The number of hydrogen-bond donors (Lipinski definition) is 2. The van der Waals surface area contributed by atoms with Gasteiger partial charge in [-0.15, -0.1) is 12.4 Å². The number of aryl methyl sites for hydroxylation is 1. The van der Waals surface area contributed by atoms with Gasteiger partial charge in [0.05, 0.1) is 23.9 Å².